The second kappa shape index (κ2) is 11.3. The second-order valence-electron chi connectivity index (χ2n) is 10.8. The van der Waals surface area contributed by atoms with Gasteiger partial charge < -0.3 is 20.1 Å². The summed E-state index contributed by atoms with van der Waals surface area (Å²) < 4.78 is 2.32. The maximum absolute atomic E-state index is 12.4. The van der Waals surface area contributed by atoms with Crippen molar-refractivity contribution in [2.75, 3.05) is 10.2 Å². The van der Waals surface area contributed by atoms with Crippen molar-refractivity contribution in [3.8, 4) is 5.69 Å². The number of nitrogens with zero attached hydrogens (tertiary/aromatic N) is 3. The van der Waals surface area contributed by atoms with E-state index in [0.29, 0.717) is 5.11 Å². The Morgan fingerprint density at radius 3 is 2.38 bits per heavy atom. The molecule has 206 valence electrons. The molecule has 4 aromatic rings. The molecule has 0 unspecified atom stereocenters. The second-order valence-corrected chi connectivity index (χ2v) is 11.2. The lowest BCUT2D eigenvalue weighted by Crippen LogP contribution is -2.29. The number of rotatable bonds is 7. The van der Waals surface area contributed by atoms with Crippen LogP contribution in [0.3, 0.4) is 0 Å². The number of hydrogen-bond donors (Lipinski definition) is 2. The van der Waals surface area contributed by atoms with Gasteiger partial charge in [-0.05, 0) is 105 Å². The van der Waals surface area contributed by atoms with E-state index in [1.54, 1.807) is 0 Å². The van der Waals surface area contributed by atoms with E-state index < -0.39 is 0 Å². The zero-order valence-corrected chi connectivity index (χ0v) is 24.8. The summed E-state index contributed by atoms with van der Waals surface area (Å²) in [4.78, 5) is 19.3. The van der Waals surface area contributed by atoms with Gasteiger partial charge in [-0.1, -0.05) is 39.0 Å². The number of thiocarbonyl (C=S) groups is 1. The molecule has 7 heteroatoms. The van der Waals surface area contributed by atoms with Gasteiger partial charge in [0.2, 0.25) is 5.91 Å². The average Bonchev–Trinajstić information content (AvgIpc) is 3.44. The van der Waals surface area contributed by atoms with Crippen molar-refractivity contribution in [3.63, 3.8) is 0 Å². The van der Waals surface area contributed by atoms with Crippen LogP contribution >= 0.6 is 12.2 Å². The van der Waals surface area contributed by atoms with Gasteiger partial charge in [0, 0.05) is 40.6 Å². The summed E-state index contributed by atoms with van der Waals surface area (Å²) in [7, 11) is 0. The van der Waals surface area contributed by atoms with Crippen molar-refractivity contribution in [1.29, 1.82) is 0 Å². The van der Waals surface area contributed by atoms with Crippen molar-refractivity contribution < 1.29 is 4.79 Å². The molecule has 5 rings (SSSR count). The third-order valence-electron chi connectivity index (χ3n) is 7.76. The quantitative estimate of drug-likeness (QED) is 0.239. The lowest BCUT2D eigenvalue weighted by atomic mass is 9.96. The van der Waals surface area contributed by atoms with Gasteiger partial charge in [-0.25, -0.2) is 0 Å². The number of carbonyl (C=O) groups excluding carboxylic acids is 1. The monoisotopic (exact) mass is 551 g/mol. The summed E-state index contributed by atoms with van der Waals surface area (Å²) in [6, 6.07) is 22.9. The first-order chi connectivity index (χ1) is 19.2. The number of aromatic nitrogens is 2. The number of nitrogens with one attached hydrogen (secondary N) is 2. The predicted octanol–water partition coefficient (Wildman–Crippen LogP) is 7.13. The molecule has 40 heavy (non-hydrogen) atoms. The number of carbonyl (C=O) groups is 1. The predicted molar refractivity (Wildman–Crippen MR) is 167 cm³/mol. The van der Waals surface area contributed by atoms with Gasteiger partial charge in [-0.3, -0.25) is 9.78 Å². The Balaban J connectivity index is 1.60. The van der Waals surface area contributed by atoms with Crippen LogP contribution in [0.5, 0.6) is 0 Å². The molecule has 0 radical (unpaired) electrons. The number of amides is 1. The van der Waals surface area contributed by atoms with Crippen LogP contribution in [0.1, 0.15) is 66.6 Å². The molecule has 1 aliphatic rings. The van der Waals surface area contributed by atoms with Crippen LogP contribution in [0.15, 0.2) is 72.9 Å². The molecule has 1 fully saturated rings. The molecule has 3 heterocycles. The molecule has 2 atom stereocenters. The first-order valence-corrected chi connectivity index (χ1v) is 14.3. The SMILES string of the molecule is CCc1ccc(-n2c(C)cc([C@@H]3[C@H](c4ccccn4)NC(=S)N3c3ccc(NC(=O)C(C)C)c(C)c3)c2C)cc1. The lowest BCUT2D eigenvalue weighted by molar-refractivity contribution is -0.118. The van der Waals surface area contributed by atoms with E-state index in [-0.39, 0.29) is 23.9 Å². The van der Waals surface area contributed by atoms with E-state index in [2.05, 4.69) is 83.3 Å². The summed E-state index contributed by atoms with van der Waals surface area (Å²) >= 11 is 5.97. The highest BCUT2D eigenvalue weighted by molar-refractivity contribution is 7.80. The van der Waals surface area contributed by atoms with Gasteiger partial charge in [0.1, 0.15) is 0 Å². The minimum absolute atomic E-state index is 0.00158. The van der Waals surface area contributed by atoms with Crippen LogP contribution < -0.4 is 15.5 Å². The molecule has 0 saturated carbocycles. The maximum Gasteiger partial charge on any atom is 0.226 e. The number of anilines is 2. The topological polar surface area (TPSA) is 62.2 Å². The largest absolute Gasteiger partial charge is 0.351 e. The molecule has 0 spiro atoms. The van der Waals surface area contributed by atoms with Crippen LogP contribution in [0, 0.1) is 26.7 Å². The summed E-state index contributed by atoms with van der Waals surface area (Å²) in [5, 5.41) is 7.27. The standard InChI is InChI=1S/C33H37N5OS/c1-7-24-11-13-25(14-12-24)37-22(5)19-27(23(37)6)31-30(29-10-8-9-17-34-29)36-33(40)38(31)26-15-16-28(21(4)18-26)35-32(39)20(2)3/h8-20,30-31H,7H2,1-6H3,(H,35,39)(H,36,40)/t30-,31+/m0/s1. The van der Waals surface area contributed by atoms with Gasteiger partial charge in [-0.15, -0.1) is 0 Å². The Bertz CT molecular complexity index is 1540. The van der Waals surface area contributed by atoms with Crippen molar-refractivity contribution in [1.82, 2.24) is 14.9 Å². The van der Waals surface area contributed by atoms with Crippen LogP contribution in [0.4, 0.5) is 11.4 Å². The van der Waals surface area contributed by atoms with Crippen LogP contribution in [0.25, 0.3) is 5.69 Å². The highest BCUT2D eigenvalue weighted by atomic mass is 32.1. The molecule has 1 aliphatic heterocycles. The van der Waals surface area contributed by atoms with E-state index in [1.165, 1.54) is 16.8 Å². The normalized spacial score (nSPS) is 16.9. The fourth-order valence-electron chi connectivity index (χ4n) is 5.53. The zero-order valence-electron chi connectivity index (χ0n) is 24.0. The highest BCUT2D eigenvalue weighted by Gasteiger charge is 2.42. The summed E-state index contributed by atoms with van der Waals surface area (Å²) in [5.74, 6) is -0.0897. The van der Waals surface area contributed by atoms with E-state index in [4.69, 9.17) is 17.2 Å². The third-order valence-corrected chi connectivity index (χ3v) is 8.07. The fourth-order valence-corrected chi connectivity index (χ4v) is 5.88. The average molecular weight is 552 g/mol. The Hall–Kier alpha value is -3.97. The molecule has 1 amide bonds. The molecule has 0 bridgehead atoms. The molecule has 2 aromatic carbocycles. The molecular formula is C33H37N5OS. The smallest absolute Gasteiger partial charge is 0.226 e. The zero-order chi connectivity index (χ0) is 28.6. The number of benzene rings is 2. The van der Waals surface area contributed by atoms with Gasteiger partial charge >= 0.3 is 0 Å². The summed E-state index contributed by atoms with van der Waals surface area (Å²) in [6.45, 7) is 12.3. The molecular weight excluding hydrogens is 514 g/mol. The van der Waals surface area contributed by atoms with E-state index >= 15 is 0 Å². The Morgan fingerprint density at radius 2 is 1.75 bits per heavy atom. The maximum atomic E-state index is 12.4. The Labute approximate surface area is 242 Å². The summed E-state index contributed by atoms with van der Waals surface area (Å²) in [5.41, 5.74) is 9.69. The van der Waals surface area contributed by atoms with E-state index in [9.17, 15) is 4.79 Å². The van der Waals surface area contributed by atoms with E-state index in [1.807, 2.05) is 51.2 Å². The minimum atomic E-state index is -0.134. The molecule has 2 N–H and O–H groups in total. The number of hydrogen-bond acceptors (Lipinski definition) is 3. The van der Waals surface area contributed by atoms with Gasteiger partial charge in [0.05, 0.1) is 17.8 Å². The minimum Gasteiger partial charge on any atom is -0.351 e. The molecule has 6 nitrogen and oxygen atoms in total. The molecule has 1 saturated heterocycles. The van der Waals surface area contributed by atoms with Crippen LogP contribution in [-0.4, -0.2) is 20.6 Å². The van der Waals surface area contributed by atoms with Crippen molar-refractivity contribution in [3.05, 3.63) is 107 Å². The first-order valence-electron chi connectivity index (χ1n) is 13.9. The summed E-state index contributed by atoms with van der Waals surface area (Å²) in [6.07, 6.45) is 2.84. The lowest BCUT2D eigenvalue weighted by Gasteiger charge is -2.29. The van der Waals surface area contributed by atoms with Gasteiger partial charge in [0.15, 0.2) is 5.11 Å². The van der Waals surface area contributed by atoms with Crippen LogP contribution in [-0.2, 0) is 11.2 Å². The fraction of sp³-hybridized carbons (Fsp3) is 0.303. The molecule has 2 aromatic heterocycles. The van der Waals surface area contributed by atoms with Crippen molar-refractivity contribution >= 4 is 34.6 Å². The van der Waals surface area contributed by atoms with Crippen LogP contribution in [0.2, 0.25) is 0 Å². The van der Waals surface area contributed by atoms with Crippen molar-refractivity contribution in [2.45, 2.75) is 60.0 Å². The van der Waals surface area contributed by atoms with E-state index in [0.717, 1.165) is 40.4 Å². The Kier molecular flexibility index (Phi) is 7.76. The van der Waals surface area contributed by atoms with Gasteiger partial charge in [0.25, 0.3) is 0 Å². The first kappa shape index (κ1) is 27.6. The Morgan fingerprint density at radius 1 is 1.02 bits per heavy atom. The number of pyridine rings is 1. The number of aryl methyl sites for hydroxylation is 3. The molecule has 0 aliphatic carbocycles. The highest BCUT2D eigenvalue weighted by Crippen LogP contribution is 2.44. The third kappa shape index (κ3) is 5.13. The van der Waals surface area contributed by atoms with Gasteiger partial charge in [-0.2, -0.15) is 0 Å². The van der Waals surface area contributed by atoms with Crippen molar-refractivity contribution in [2.24, 2.45) is 5.92 Å².